The Morgan fingerprint density at radius 2 is 2.04 bits per heavy atom. The molecule has 2 aromatic rings. The van der Waals surface area contributed by atoms with Crippen molar-refractivity contribution in [1.29, 1.82) is 0 Å². The number of pyridine rings is 1. The molecule has 132 valence electrons. The van der Waals surface area contributed by atoms with Crippen molar-refractivity contribution in [3.63, 3.8) is 0 Å². The smallest absolute Gasteiger partial charge is 0.224 e. The van der Waals surface area contributed by atoms with E-state index in [0.29, 0.717) is 18.1 Å². The SMILES string of the molecule is O=C(NCc1ccnc(Oc2ccc(F)cc2)c1)C1CCS(=O)(=O)C1. The number of sulfone groups is 1. The number of nitrogens with one attached hydrogen (secondary N) is 1. The zero-order chi connectivity index (χ0) is 17.9. The molecule has 0 spiro atoms. The minimum atomic E-state index is -3.09. The molecule has 1 aromatic heterocycles. The van der Waals surface area contributed by atoms with Crippen LogP contribution in [0, 0.1) is 11.7 Å². The van der Waals surface area contributed by atoms with Gasteiger partial charge in [0.2, 0.25) is 11.8 Å². The summed E-state index contributed by atoms with van der Waals surface area (Å²) >= 11 is 0. The van der Waals surface area contributed by atoms with Crippen molar-refractivity contribution in [2.24, 2.45) is 5.92 Å². The normalized spacial score (nSPS) is 18.7. The highest BCUT2D eigenvalue weighted by molar-refractivity contribution is 7.91. The van der Waals surface area contributed by atoms with Crippen LogP contribution in [0.15, 0.2) is 42.6 Å². The van der Waals surface area contributed by atoms with Crippen LogP contribution in [0.25, 0.3) is 0 Å². The van der Waals surface area contributed by atoms with E-state index in [2.05, 4.69) is 10.3 Å². The molecule has 0 radical (unpaired) electrons. The summed E-state index contributed by atoms with van der Waals surface area (Å²) in [5.74, 6) is -0.358. The van der Waals surface area contributed by atoms with Crippen LogP contribution in [0.4, 0.5) is 4.39 Å². The molecule has 3 rings (SSSR count). The molecule has 0 saturated carbocycles. The van der Waals surface area contributed by atoms with E-state index in [4.69, 9.17) is 4.74 Å². The Morgan fingerprint density at radius 3 is 2.72 bits per heavy atom. The predicted molar refractivity (Wildman–Crippen MR) is 89.3 cm³/mol. The molecule has 1 aliphatic heterocycles. The minimum Gasteiger partial charge on any atom is -0.439 e. The molecule has 1 unspecified atom stereocenters. The summed E-state index contributed by atoms with van der Waals surface area (Å²) in [6.07, 6.45) is 1.91. The topological polar surface area (TPSA) is 85.4 Å². The fourth-order valence-electron chi connectivity index (χ4n) is 2.57. The van der Waals surface area contributed by atoms with E-state index in [9.17, 15) is 17.6 Å². The lowest BCUT2D eigenvalue weighted by atomic mass is 10.1. The number of rotatable bonds is 5. The van der Waals surface area contributed by atoms with Crippen molar-refractivity contribution < 1.29 is 22.3 Å². The third-order valence-corrected chi connectivity index (χ3v) is 5.67. The third-order valence-electron chi connectivity index (χ3n) is 3.91. The number of hydrogen-bond acceptors (Lipinski definition) is 5. The lowest BCUT2D eigenvalue weighted by molar-refractivity contribution is -0.124. The van der Waals surface area contributed by atoms with Crippen LogP contribution < -0.4 is 10.1 Å². The summed E-state index contributed by atoms with van der Waals surface area (Å²) in [7, 11) is -3.09. The number of aromatic nitrogens is 1. The van der Waals surface area contributed by atoms with Crippen LogP contribution in [0.2, 0.25) is 0 Å². The summed E-state index contributed by atoms with van der Waals surface area (Å²) in [5, 5.41) is 2.74. The van der Waals surface area contributed by atoms with Crippen LogP contribution >= 0.6 is 0 Å². The number of hydrogen-bond donors (Lipinski definition) is 1. The first-order valence-corrected chi connectivity index (χ1v) is 9.60. The number of benzene rings is 1. The Labute approximate surface area is 145 Å². The number of nitrogens with zero attached hydrogens (tertiary/aromatic N) is 1. The van der Waals surface area contributed by atoms with Gasteiger partial charge in [0.15, 0.2) is 9.84 Å². The second-order valence-corrected chi connectivity index (χ2v) is 8.10. The van der Waals surface area contributed by atoms with E-state index in [-0.39, 0.29) is 29.8 Å². The minimum absolute atomic E-state index is 0.0655. The Hall–Kier alpha value is -2.48. The van der Waals surface area contributed by atoms with Crippen molar-refractivity contribution >= 4 is 15.7 Å². The van der Waals surface area contributed by atoms with Gasteiger partial charge in [0.05, 0.1) is 17.4 Å². The molecule has 1 fully saturated rings. The molecule has 1 N–H and O–H groups in total. The highest BCUT2D eigenvalue weighted by atomic mass is 32.2. The largest absolute Gasteiger partial charge is 0.439 e. The molecule has 2 heterocycles. The van der Waals surface area contributed by atoms with Crippen molar-refractivity contribution in [2.45, 2.75) is 13.0 Å². The molecule has 1 amide bonds. The van der Waals surface area contributed by atoms with E-state index in [1.807, 2.05) is 0 Å². The van der Waals surface area contributed by atoms with Crippen LogP contribution in [0.5, 0.6) is 11.6 Å². The maximum Gasteiger partial charge on any atom is 0.224 e. The van der Waals surface area contributed by atoms with Gasteiger partial charge in [0.1, 0.15) is 11.6 Å². The average molecular weight is 364 g/mol. The summed E-state index contributed by atoms with van der Waals surface area (Å²) < 4.78 is 41.3. The molecule has 1 saturated heterocycles. The van der Waals surface area contributed by atoms with E-state index >= 15 is 0 Å². The summed E-state index contributed by atoms with van der Waals surface area (Å²) in [6.45, 7) is 0.248. The van der Waals surface area contributed by atoms with Crippen molar-refractivity contribution in [3.8, 4) is 11.6 Å². The van der Waals surface area contributed by atoms with Crippen molar-refractivity contribution in [2.75, 3.05) is 11.5 Å². The van der Waals surface area contributed by atoms with E-state index in [1.54, 1.807) is 18.3 Å². The first kappa shape index (κ1) is 17.3. The van der Waals surface area contributed by atoms with Gasteiger partial charge in [0, 0.05) is 18.8 Å². The quantitative estimate of drug-likeness (QED) is 0.878. The maximum atomic E-state index is 12.9. The molecule has 8 heteroatoms. The fourth-order valence-corrected chi connectivity index (χ4v) is 4.32. The third kappa shape index (κ3) is 4.76. The predicted octanol–water partition coefficient (Wildman–Crippen LogP) is 2.06. The van der Waals surface area contributed by atoms with Gasteiger partial charge in [-0.15, -0.1) is 0 Å². The molecule has 25 heavy (non-hydrogen) atoms. The van der Waals surface area contributed by atoms with Gasteiger partial charge in [-0.2, -0.15) is 0 Å². The van der Waals surface area contributed by atoms with Gasteiger partial charge in [-0.1, -0.05) is 0 Å². The molecule has 1 aliphatic rings. The Bertz CT molecular complexity index is 868. The number of ether oxygens (including phenoxy) is 1. The van der Waals surface area contributed by atoms with E-state index in [0.717, 1.165) is 5.56 Å². The van der Waals surface area contributed by atoms with Crippen LogP contribution in [-0.4, -0.2) is 30.8 Å². The number of carbonyl (C=O) groups excluding carboxylic acids is 1. The number of carbonyl (C=O) groups is 1. The van der Waals surface area contributed by atoms with Gasteiger partial charge in [0.25, 0.3) is 0 Å². The van der Waals surface area contributed by atoms with E-state index < -0.39 is 15.8 Å². The van der Waals surface area contributed by atoms with Gasteiger partial charge in [-0.3, -0.25) is 4.79 Å². The average Bonchev–Trinajstić information content (AvgIpc) is 2.95. The van der Waals surface area contributed by atoms with Crippen LogP contribution in [-0.2, 0) is 21.2 Å². The Kier molecular flexibility index (Phi) is 4.98. The molecule has 1 atom stereocenters. The van der Waals surface area contributed by atoms with Crippen LogP contribution in [0.1, 0.15) is 12.0 Å². The molecule has 0 bridgehead atoms. The summed E-state index contributed by atoms with van der Waals surface area (Å²) in [6, 6.07) is 8.94. The molecule has 1 aromatic carbocycles. The summed E-state index contributed by atoms with van der Waals surface area (Å²) in [4.78, 5) is 16.1. The van der Waals surface area contributed by atoms with Crippen LogP contribution in [0.3, 0.4) is 0 Å². The van der Waals surface area contributed by atoms with Gasteiger partial charge in [-0.05, 0) is 42.3 Å². The maximum absolute atomic E-state index is 12.9. The lowest BCUT2D eigenvalue weighted by Gasteiger charge is -2.10. The molecular formula is C17H17FN2O4S. The molecule has 0 aliphatic carbocycles. The lowest BCUT2D eigenvalue weighted by Crippen LogP contribution is -2.30. The Morgan fingerprint density at radius 1 is 1.28 bits per heavy atom. The highest BCUT2D eigenvalue weighted by Crippen LogP contribution is 2.21. The zero-order valence-electron chi connectivity index (χ0n) is 13.3. The van der Waals surface area contributed by atoms with Crippen molar-refractivity contribution in [3.05, 3.63) is 54.0 Å². The van der Waals surface area contributed by atoms with Gasteiger partial charge in [-0.25, -0.2) is 17.8 Å². The highest BCUT2D eigenvalue weighted by Gasteiger charge is 2.32. The zero-order valence-corrected chi connectivity index (χ0v) is 14.1. The van der Waals surface area contributed by atoms with Gasteiger partial charge >= 0.3 is 0 Å². The first-order valence-electron chi connectivity index (χ1n) is 7.78. The molecule has 6 nitrogen and oxygen atoms in total. The first-order chi connectivity index (χ1) is 11.9. The summed E-state index contributed by atoms with van der Waals surface area (Å²) in [5.41, 5.74) is 0.765. The standard InChI is InChI=1S/C17H17FN2O4S/c18-14-1-3-15(4-2-14)24-16-9-12(5-7-19-16)10-20-17(21)13-6-8-25(22,23)11-13/h1-5,7,9,13H,6,8,10-11H2,(H,20,21). The monoisotopic (exact) mass is 364 g/mol. The molecular weight excluding hydrogens is 347 g/mol. The number of halogens is 1. The Balaban J connectivity index is 1.58. The fraction of sp³-hybridized carbons (Fsp3) is 0.294. The van der Waals surface area contributed by atoms with E-state index in [1.165, 1.54) is 24.3 Å². The second-order valence-electron chi connectivity index (χ2n) is 5.88. The number of amides is 1. The van der Waals surface area contributed by atoms with Crippen molar-refractivity contribution in [1.82, 2.24) is 10.3 Å². The van der Waals surface area contributed by atoms with Gasteiger partial charge < -0.3 is 10.1 Å². The second kappa shape index (κ2) is 7.18.